The van der Waals surface area contributed by atoms with Crippen LogP contribution in [0, 0.1) is 11.8 Å². The number of rotatable bonds is 10. The number of Topliss-reactive ketones (excluding diaryl/α,β-unsaturated/α-hetero) is 3. The van der Waals surface area contributed by atoms with Crippen molar-refractivity contribution < 1.29 is 88.8 Å². The Kier molecular flexibility index (Phi) is 11.4. The lowest BCUT2D eigenvalue weighted by Crippen LogP contribution is -2.62. The molecule has 298 valence electrons. The van der Waals surface area contributed by atoms with Gasteiger partial charge in [-0.1, -0.05) is 12.1 Å². The summed E-state index contributed by atoms with van der Waals surface area (Å²) in [5, 5.41) is 94.9. The van der Waals surface area contributed by atoms with Crippen LogP contribution in [0.3, 0.4) is 0 Å². The van der Waals surface area contributed by atoms with Gasteiger partial charge in [-0.15, -0.1) is 0 Å². The Balaban J connectivity index is 1.32. The predicted octanol–water partition coefficient (Wildman–Crippen LogP) is -0.844. The molecule has 18 heteroatoms. The van der Waals surface area contributed by atoms with Gasteiger partial charge >= 0.3 is 0 Å². The molecule has 2 aliphatic carbocycles. The Labute approximate surface area is 313 Å². The minimum Gasteiger partial charge on any atom is -0.511 e. The molecular formula is C37H42O18. The van der Waals surface area contributed by atoms with Crippen LogP contribution >= 0.6 is 0 Å². The highest BCUT2D eigenvalue weighted by Crippen LogP contribution is 2.53. The molecule has 12 atom stereocenters. The van der Waals surface area contributed by atoms with E-state index >= 15 is 0 Å². The number of ketones is 3. The van der Waals surface area contributed by atoms with Crippen molar-refractivity contribution in [3.05, 3.63) is 63.9 Å². The fourth-order valence-electron chi connectivity index (χ4n) is 7.52. The molecule has 55 heavy (non-hydrogen) atoms. The summed E-state index contributed by atoms with van der Waals surface area (Å²) in [4.78, 5) is 41.5. The van der Waals surface area contributed by atoms with Crippen LogP contribution in [-0.2, 0) is 14.2 Å². The van der Waals surface area contributed by atoms with Gasteiger partial charge in [0.05, 0.1) is 50.4 Å². The van der Waals surface area contributed by atoms with Crippen molar-refractivity contribution >= 4 is 22.9 Å². The zero-order chi connectivity index (χ0) is 40.2. The summed E-state index contributed by atoms with van der Waals surface area (Å²) in [6, 6.07) is 5.34. The molecule has 0 saturated carbocycles. The summed E-state index contributed by atoms with van der Waals surface area (Å²) in [6.45, 7) is 1.37. The van der Waals surface area contributed by atoms with Crippen LogP contribution in [0.1, 0.15) is 50.5 Å². The number of carbonyl (C=O) groups excluding carboxylic acids is 3. The quantitative estimate of drug-likeness (QED) is 0.133. The topological polar surface area (TPSA) is 289 Å². The fraction of sp³-hybridized carbons (Fsp3) is 0.486. The standard InChI is InChI=1S/C37H42O18/c1-12-8-15(40)24-26(21(12)25-18(51-4)9-17(50-3)22(13(2)39)30(25)44)27(41)14-6-5-7-16(23(14)31(24)45)53-37-35(49)33(47)29(43)20(55-37)11-52-36-34(48)32(46)28(42)19(10-38)54-36/h5-9,19-20,24,26,28-29,32-38,40,42-44,46-49H,10-11H2,1-4H3/t19-,20-,24?,26?,28-,29-,32+,33+,34-,35-,36-,37-/m1/s1. The number of hydrogen-bond acceptors (Lipinski definition) is 18. The van der Waals surface area contributed by atoms with Gasteiger partial charge < -0.3 is 74.4 Å². The molecular weight excluding hydrogens is 732 g/mol. The van der Waals surface area contributed by atoms with E-state index in [1.54, 1.807) is 6.92 Å². The second-order valence-electron chi connectivity index (χ2n) is 13.6. The van der Waals surface area contributed by atoms with E-state index in [2.05, 4.69) is 0 Å². The van der Waals surface area contributed by atoms with Gasteiger partial charge in [-0.05, 0) is 37.1 Å². The first-order chi connectivity index (χ1) is 26.1. The largest absolute Gasteiger partial charge is 0.511 e. The summed E-state index contributed by atoms with van der Waals surface area (Å²) in [7, 11) is 2.59. The van der Waals surface area contributed by atoms with Gasteiger partial charge in [0, 0.05) is 11.6 Å². The average molecular weight is 775 g/mol. The number of methoxy groups -OCH3 is 2. The smallest absolute Gasteiger partial charge is 0.229 e. The number of aliphatic hydroxyl groups excluding tert-OH is 8. The monoisotopic (exact) mass is 774 g/mol. The van der Waals surface area contributed by atoms with Crippen LogP contribution in [0.15, 0.2) is 41.7 Å². The maximum Gasteiger partial charge on any atom is 0.229 e. The molecule has 2 unspecified atom stereocenters. The number of phenolic OH excluding ortho intramolecular Hbond substituents is 1. The summed E-state index contributed by atoms with van der Waals surface area (Å²) in [6.07, 6.45) is -15.9. The Bertz CT molecular complexity index is 1920. The highest BCUT2D eigenvalue weighted by atomic mass is 16.7. The SMILES string of the molecule is COc1cc(OC)c(C2=C(C)C=C(O)C3C(=O)c4c(O[C@@H]5O[C@H](CO[C@@H]6O[C@H](CO)[C@@H](O)[C@H](O)[C@H]6O)[C@@H](O)[C@H](O)[C@H]5O)cccc4C(=O)C23)c(O)c1C(C)=O. The van der Waals surface area contributed by atoms with Gasteiger partial charge in [0.2, 0.25) is 6.29 Å². The highest BCUT2D eigenvalue weighted by Gasteiger charge is 2.52. The summed E-state index contributed by atoms with van der Waals surface area (Å²) in [5.74, 6) is -6.38. The number of carbonyl (C=O) groups is 3. The lowest BCUT2D eigenvalue weighted by molar-refractivity contribution is -0.323. The molecule has 0 bridgehead atoms. The van der Waals surface area contributed by atoms with Crippen molar-refractivity contribution in [3.8, 4) is 23.0 Å². The van der Waals surface area contributed by atoms with Crippen molar-refractivity contribution in [2.75, 3.05) is 27.4 Å². The molecule has 6 rings (SSSR count). The Morgan fingerprint density at radius 3 is 2.00 bits per heavy atom. The van der Waals surface area contributed by atoms with E-state index in [1.165, 1.54) is 51.5 Å². The third-order valence-corrected chi connectivity index (χ3v) is 10.3. The minimum absolute atomic E-state index is 0.000210. The van der Waals surface area contributed by atoms with Crippen molar-refractivity contribution in [2.45, 2.75) is 75.3 Å². The molecule has 4 aliphatic rings. The van der Waals surface area contributed by atoms with Crippen molar-refractivity contribution in [1.82, 2.24) is 0 Å². The third kappa shape index (κ3) is 6.77. The molecule has 0 aromatic heterocycles. The van der Waals surface area contributed by atoms with E-state index in [-0.39, 0.29) is 50.6 Å². The number of benzene rings is 2. The van der Waals surface area contributed by atoms with E-state index in [9.17, 15) is 60.3 Å². The second-order valence-corrected chi connectivity index (χ2v) is 13.6. The third-order valence-electron chi connectivity index (χ3n) is 10.3. The predicted molar refractivity (Wildman–Crippen MR) is 184 cm³/mol. The normalized spacial score (nSPS) is 33.4. The van der Waals surface area contributed by atoms with E-state index in [0.717, 1.165) is 0 Å². The van der Waals surface area contributed by atoms with Crippen molar-refractivity contribution in [2.24, 2.45) is 11.8 Å². The first-order valence-corrected chi connectivity index (χ1v) is 17.2. The molecule has 0 spiro atoms. The molecule has 0 radical (unpaired) electrons. The van der Waals surface area contributed by atoms with Crippen LogP contribution in [0.2, 0.25) is 0 Å². The summed E-state index contributed by atoms with van der Waals surface area (Å²) in [5.41, 5.74) is -0.362. The molecule has 0 amide bonds. The van der Waals surface area contributed by atoms with E-state index < -0.39 is 115 Å². The van der Waals surface area contributed by atoms with Gasteiger partial charge in [-0.25, -0.2) is 0 Å². The molecule has 2 aromatic rings. The molecule has 2 aromatic carbocycles. The van der Waals surface area contributed by atoms with E-state index in [0.29, 0.717) is 0 Å². The lowest BCUT2D eigenvalue weighted by atomic mass is 9.65. The van der Waals surface area contributed by atoms with Crippen LogP contribution in [-0.4, -0.2) is 152 Å². The van der Waals surface area contributed by atoms with Gasteiger partial charge in [-0.2, -0.15) is 0 Å². The number of phenols is 1. The zero-order valence-corrected chi connectivity index (χ0v) is 29.9. The van der Waals surface area contributed by atoms with Gasteiger partial charge in [-0.3, -0.25) is 14.4 Å². The summed E-state index contributed by atoms with van der Waals surface area (Å²) < 4.78 is 33.2. The summed E-state index contributed by atoms with van der Waals surface area (Å²) >= 11 is 0. The molecule has 2 fully saturated rings. The van der Waals surface area contributed by atoms with Crippen molar-refractivity contribution in [1.29, 1.82) is 0 Å². The maximum absolute atomic E-state index is 14.5. The fourth-order valence-corrected chi connectivity index (χ4v) is 7.52. The molecule has 2 heterocycles. The van der Waals surface area contributed by atoms with E-state index in [1.807, 2.05) is 0 Å². The van der Waals surface area contributed by atoms with Crippen LogP contribution < -0.4 is 14.2 Å². The molecule has 2 aliphatic heterocycles. The minimum atomic E-state index is -1.93. The van der Waals surface area contributed by atoms with Crippen LogP contribution in [0.25, 0.3) is 5.57 Å². The maximum atomic E-state index is 14.5. The number of aromatic hydroxyl groups is 1. The van der Waals surface area contributed by atoms with Gasteiger partial charge in [0.15, 0.2) is 23.6 Å². The van der Waals surface area contributed by atoms with Crippen LogP contribution in [0.4, 0.5) is 0 Å². The zero-order valence-electron chi connectivity index (χ0n) is 29.9. The van der Waals surface area contributed by atoms with Gasteiger partial charge in [0.1, 0.15) is 83.2 Å². The number of aliphatic hydroxyl groups is 8. The number of ether oxygens (including phenoxy) is 6. The molecule has 18 nitrogen and oxygen atoms in total. The first-order valence-electron chi connectivity index (χ1n) is 17.2. The first kappa shape index (κ1) is 40.2. The van der Waals surface area contributed by atoms with E-state index in [4.69, 9.17) is 28.4 Å². The Morgan fingerprint density at radius 1 is 0.764 bits per heavy atom. The Hall–Kier alpha value is -4.47. The van der Waals surface area contributed by atoms with Gasteiger partial charge in [0.25, 0.3) is 0 Å². The van der Waals surface area contributed by atoms with Crippen LogP contribution in [0.5, 0.6) is 23.0 Å². The average Bonchev–Trinajstić information content (AvgIpc) is 3.15. The lowest BCUT2D eigenvalue weighted by Gasteiger charge is -2.43. The Morgan fingerprint density at radius 2 is 1.38 bits per heavy atom. The van der Waals surface area contributed by atoms with Crippen molar-refractivity contribution in [3.63, 3.8) is 0 Å². The molecule has 2 saturated heterocycles. The second kappa shape index (κ2) is 15.6. The number of allylic oxidation sites excluding steroid dienone is 4. The number of fused-ring (bicyclic) bond motifs is 2. The number of hydrogen-bond donors (Lipinski definition) is 9. The highest BCUT2D eigenvalue weighted by molar-refractivity contribution is 6.22. The molecule has 9 N–H and O–H groups in total.